The molecule has 3 fully saturated rings. The first-order valence-electron chi connectivity index (χ1n) is 27.0. The lowest BCUT2D eigenvalue weighted by atomic mass is 9.91. The summed E-state index contributed by atoms with van der Waals surface area (Å²) < 4.78 is 13.5. The first-order chi connectivity index (χ1) is 36.8. The average molecular weight is 1030 g/mol. The zero-order valence-corrected chi connectivity index (χ0v) is 45.0. The van der Waals surface area contributed by atoms with E-state index in [-0.39, 0.29) is 29.5 Å². The Kier molecular flexibility index (Phi) is 15.3. The molecular weight excluding hydrogens is 961 g/mol. The number of hydrogen-bond acceptors (Lipinski definition) is 15. The van der Waals surface area contributed by atoms with Crippen molar-refractivity contribution < 1.29 is 29.3 Å². The van der Waals surface area contributed by atoms with Gasteiger partial charge in [0.2, 0.25) is 11.9 Å². The van der Waals surface area contributed by atoms with Gasteiger partial charge in [0.25, 0.3) is 5.91 Å². The highest BCUT2D eigenvalue weighted by molar-refractivity contribution is 6.13. The predicted octanol–water partition coefficient (Wildman–Crippen LogP) is 8.45. The first kappa shape index (κ1) is 52.0. The van der Waals surface area contributed by atoms with Crippen LogP contribution in [0.2, 0.25) is 0 Å². The van der Waals surface area contributed by atoms with Crippen LogP contribution in [0.1, 0.15) is 80.8 Å². The molecule has 18 heteroatoms. The van der Waals surface area contributed by atoms with Crippen molar-refractivity contribution in [2.75, 3.05) is 113 Å². The number of methoxy groups -OCH3 is 1. The van der Waals surface area contributed by atoms with Crippen molar-refractivity contribution in [2.45, 2.75) is 65.8 Å². The number of likely N-dealkylation sites (tertiary alicyclic amines) is 1. The number of carbonyl (C=O) groups is 2. The van der Waals surface area contributed by atoms with Crippen molar-refractivity contribution in [3.05, 3.63) is 102 Å². The lowest BCUT2D eigenvalue weighted by molar-refractivity contribution is -0.137. The molecule has 18 nitrogen and oxygen atoms in total. The molecule has 0 spiro atoms. The van der Waals surface area contributed by atoms with Gasteiger partial charge in [0.15, 0.2) is 11.6 Å². The largest absolute Gasteiger partial charge is 0.508 e. The van der Waals surface area contributed by atoms with Gasteiger partial charge in [-0.3, -0.25) is 14.5 Å². The second-order valence-electron chi connectivity index (χ2n) is 20.8. The molecule has 0 saturated carbocycles. The number of hydrogen-bond donors (Lipinski definition) is 2. The van der Waals surface area contributed by atoms with Gasteiger partial charge in [-0.05, 0) is 105 Å². The summed E-state index contributed by atoms with van der Waals surface area (Å²) in [7, 11) is 5.24. The number of amides is 2. The molecule has 0 atom stereocenters. The van der Waals surface area contributed by atoms with Gasteiger partial charge < -0.3 is 49.1 Å². The van der Waals surface area contributed by atoms with E-state index < -0.39 is 0 Å². The van der Waals surface area contributed by atoms with Crippen LogP contribution in [-0.4, -0.2) is 155 Å². The van der Waals surface area contributed by atoms with Crippen molar-refractivity contribution in [3.8, 4) is 40.3 Å². The Hall–Kier alpha value is -7.44. The molecule has 3 saturated heterocycles. The van der Waals surface area contributed by atoms with Crippen LogP contribution < -0.4 is 29.1 Å². The number of aromatic hydroxyl groups is 2. The molecule has 400 valence electrons. The molecule has 2 aromatic heterocycles. The Labute approximate surface area is 446 Å². The van der Waals surface area contributed by atoms with Crippen LogP contribution in [0.4, 0.5) is 34.5 Å². The molecule has 4 aliphatic rings. The number of piperidine rings is 2. The highest BCUT2D eigenvalue weighted by Gasteiger charge is 2.34. The van der Waals surface area contributed by atoms with Gasteiger partial charge in [0.05, 0.1) is 48.1 Å². The predicted molar refractivity (Wildman–Crippen MR) is 296 cm³/mol. The van der Waals surface area contributed by atoms with E-state index in [4.69, 9.17) is 19.4 Å². The number of phenolic OH excluding ortho intramolecular Hbond substituents is 1. The lowest BCUT2D eigenvalue weighted by Crippen LogP contribution is -2.49. The minimum atomic E-state index is -0.225. The summed E-state index contributed by atoms with van der Waals surface area (Å²) in [6.45, 7) is 18.3. The van der Waals surface area contributed by atoms with Crippen LogP contribution in [0, 0.1) is 11.8 Å². The molecule has 10 rings (SSSR count). The number of anilines is 6. The van der Waals surface area contributed by atoms with E-state index in [0.29, 0.717) is 65.1 Å². The minimum absolute atomic E-state index is 0.0309. The summed E-state index contributed by atoms with van der Waals surface area (Å²) in [5.41, 5.74) is 7.27. The zero-order valence-electron chi connectivity index (χ0n) is 45.0. The average Bonchev–Trinajstić information content (AvgIpc) is 3.81. The summed E-state index contributed by atoms with van der Waals surface area (Å²) in [5, 5.41) is 29.7. The van der Waals surface area contributed by atoms with Crippen molar-refractivity contribution in [2.24, 2.45) is 11.8 Å². The van der Waals surface area contributed by atoms with E-state index in [0.717, 1.165) is 125 Å². The lowest BCUT2D eigenvalue weighted by Gasteiger charge is -2.40. The molecule has 6 heterocycles. The number of para-hydroxylation sites is 1. The van der Waals surface area contributed by atoms with Crippen LogP contribution >= 0.6 is 0 Å². The number of fused-ring (bicyclic) bond motifs is 2. The van der Waals surface area contributed by atoms with Crippen LogP contribution in [0.25, 0.3) is 17.1 Å². The zero-order chi connectivity index (χ0) is 53.2. The number of piperazine rings is 1. The second-order valence-corrected chi connectivity index (χ2v) is 20.8. The Morgan fingerprint density at radius 2 is 1.49 bits per heavy atom. The van der Waals surface area contributed by atoms with E-state index in [9.17, 15) is 19.8 Å². The molecule has 2 N–H and O–H groups in total. The number of nitrogens with zero attached hydrogens (tertiary/aromatic N) is 12. The number of rotatable bonds is 15. The van der Waals surface area contributed by atoms with Crippen LogP contribution in [0.15, 0.2) is 85.1 Å². The van der Waals surface area contributed by atoms with Crippen molar-refractivity contribution in [1.82, 2.24) is 39.4 Å². The summed E-state index contributed by atoms with van der Waals surface area (Å²) in [5.74, 6) is 3.82. The number of phenols is 1. The maximum absolute atomic E-state index is 14.0. The van der Waals surface area contributed by atoms with Gasteiger partial charge in [-0.15, -0.1) is 5.10 Å². The molecule has 6 aromatic rings. The Bertz CT molecular complexity index is 3030. The molecule has 0 unspecified atom stereocenters. The van der Waals surface area contributed by atoms with E-state index >= 15 is 0 Å². The topological polar surface area (TPSA) is 172 Å². The highest BCUT2D eigenvalue weighted by Crippen LogP contribution is 2.43. The van der Waals surface area contributed by atoms with Crippen LogP contribution in [-0.2, 0) is 11.3 Å². The Balaban J connectivity index is 0.687. The molecule has 4 aromatic carbocycles. The first-order valence-corrected chi connectivity index (χ1v) is 27.0. The fraction of sp³-hybridized carbons (Fsp3) is 0.448. The smallest absolute Gasteiger partial charge is 0.319 e. The third-order valence-electron chi connectivity index (χ3n) is 15.9. The van der Waals surface area contributed by atoms with Gasteiger partial charge in [-0.1, -0.05) is 43.2 Å². The molecule has 0 bridgehead atoms. The maximum atomic E-state index is 14.0. The van der Waals surface area contributed by atoms with Gasteiger partial charge in [-0.25, -0.2) is 9.55 Å². The SMILES string of the molecule is CCOc1cc(N2CCC(C(=O)N3CCC(CN4CCN(Cc5ccc(-n6c(O)nnc6-c6cc(C(C)C)c(O)cc6OC)cc5)CC4)CC3)CC2)ccc1N(CC)c1ncc2c(n1)N(C)c1ccccc1C(=O)N2C. The van der Waals surface area contributed by atoms with E-state index in [1.807, 2.05) is 80.1 Å². The molecular formula is C58H72N12O6. The second kappa shape index (κ2) is 22.4. The molecule has 0 radical (unpaired) electrons. The van der Waals surface area contributed by atoms with E-state index in [2.05, 4.69) is 67.1 Å². The standard InChI is InChI=1S/C58H72N12O6/c1-8-69(57-59-35-49-54(60-57)63(5)47-13-11-10-12-44(47)56(73)64(49)6)48-19-18-43(32-52(48)76-9-2)67-26-22-41(23-27-67)55(72)68-24-20-40(21-25-68)37-66-30-28-65(29-31-66)36-39-14-16-42(17-15-39)70-53(61-62-58(70)74)46-33-45(38(3)4)50(71)34-51(46)75-7/h10-19,32-35,38,40-41,71H,8-9,20-31,36-37H2,1-7H3,(H,62,74). The highest BCUT2D eigenvalue weighted by atomic mass is 16.5. The fourth-order valence-corrected chi connectivity index (χ4v) is 11.5. The van der Waals surface area contributed by atoms with Crippen molar-refractivity contribution >= 4 is 46.3 Å². The minimum Gasteiger partial charge on any atom is -0.508 e. The number of carbonyl (C=O) groups excluding carboxylic acids is 2. The number of aromatic nitrogens is 5. The van der Waals surface area contributed by atoms with E-state index in [1.54, 1.807) is 35.9 Å². The third kappa shape index (κ3) is 10.4. The van der Waals surface area contributed by atoms with Gasteiger partial charge in [0, 0.05) is 110 Å². The van der Waals surface area contributed by atoms with Gasteiger partial charge >= 0.3 is 6.01 Å². The summed E-state index contributed by atoms with van der Waals surface area (Å²) in [4.78, 5) is 52.4. The Morgan fingerprint density at radius 3 is 2.18 bits per heavy atom. The summed E-state index contributed by atoms with van der Waals surface area (Å²) >= 11 is 0. The third-order valence-corrected chi connectivity index (χ3v) is 15.9. The van der Waals surface area contributed by atoms with Gasteiger partial charge in [-0.2, -0.15) is 4.98 Å². The monoisotopic (exact) mass is 1030 g/mol. The quantitative estimate of drug-likeness (QED) is 0.100. The van der Waals surface area contributed by atoms with Gasteiger partial charge in [0.1, 0.15) is 22.9 Å². The molecule has 0 aliphatic carbocycles. The summed E-state index contributed by atoms with van der Waals surface area (Å²) in [6, 6.07) is 25.3. The molecule has 2 amide bonds. The number of benzene rings is 4. The van der Waals surface area contributed by atoms with Crippen LogP contribution in [0.3, 0.4) is 0 Å². The normalized spacial score (nSPS) is 17.0. The van der Waals surface area contributed by atoms with E-state index in [1.165, 1.54) is 5.56 Å². The fourth-order valence-electron chi connectivity index (χ4n) is 11.5. The van der Waals surface area contributed by atoms with Crippen LogP contribution in [0.5, 0.6) is 23.3 Å². The van der Waals surface area contributed by atoms with Crippen molar-refractivity contribution in [3.63, 3.8) is 0 Å². The summed E-state index contributed by atoms with van der Waals surface area (Å²) in [6.07, 6.45) is 5.44. The maximum Gasteiger partial charge on any atom is 0.319 e. The molecule has 76 heavy (non-hydrogen) atoms. The Morgan fingerprint density at radius 1 is 0.776 bits per heavy atom. The number of ether oxygens (including phenoxy) is 2. The molecule has 4 aliphatic heterocycles. The van der Waals surface area contributed by atoms with Crippen molar-refractivity contribution in [1.29, 1.82) is 0 Å².